The first kappa shape index (κ1) is 15.2. The highest BCUT2D eigenvalue weighted by Crippen LogP contribution is 2.23. The summed E-state index contributed by atoms with van der Waals surface area (Å²) >= 11 is 0. The number of carbonyl (C=O) groups excluding carboxylic acids is 1. The van der Waals surface area contributed by atoms with Crippen molar-refractivity contribution >= 4 is 16.3 Å². The third-order valence-electron chi connectivity index (χ3n) is 3.21. The van der Waals surface area contributed by atoms with Gasteiger partial charge in [-0.3, -0.25) is 0 Å². The summed E-state index contributed by atoms with van der Waals surface area (Å²) < 4.78 is 31.5. The van der Waals surface area contributed by atoms with E-state index in [0.29, 0.717) is 25.6 Å². The second-order valence-corrected chi connectivity index (χ2v) is 6.12. The van der Waals surface area contributed by atoms with Crippen LogP contribution in [0, 0.1) is 11.8 Å². The molecule has 1 aliphatic heterocycles. The normalized spacial score (nSPS) is 25.7. The van der Waals surface area contributed by atoms with Crippen LogP contribution in [0.1, 0.15) is 20.3 Å². The Bertz CT molecular complexity index is 385. The summed E-state index contributed by atoms with van der Waals surface area (Å²) in [7, 11) is -3.82. The lowest BCUT2D eigenvalue weighted by Crippen LogP contribution is -2.50. The molecule has 1 rings (SSSR count). The molecule has 0 saturated carbocycles. The van der Waals surface area contributed by atoms with Crippen molar-refractivity contribution in [3.05, 3.63) is 0 Å². The summed E-state index contributed by atoms with van der Waals surface area (Å²) in [5.74, 6) is 0.515. The number of nitrogens with one attached hydrogen (secondary N) is 1. The van der Waals surface area contributed by atoms with Gasteiger partial charge in [0, 0.05) is 13.1 Å². The molecule has 106 valence electrons. The second kappa shape index (κ2) is 6.35. The summed E-state index contributed by atoms with van der Waals surface area (Å²) in [6.45, 7) is 4.97. The molecule has 2 unspecified atom stereocenters. The maximum Gasteiger partial charge on any atom is 0.421 e. The average Bonchev–Trinajstić information content (AvgIpc) is 2.28. The van der Waals surface area contributed by atoms with Gasteiger partial charge in [0.2, 0.25) is 0 Å². The molecule has 18 heavy (non-hydrogen) atoms. The Kier molecular flexibility index (Phi) is 5.36. The molecule has 7 nitrogen and oxygen atoms in total. The number of piperidine rings is 1. The molecule has 0 radical (unpaired) electrons. The molecular weight excluding hydrogens is 258 g/mol. The predicted octanol–water partition coefficient (Wildman–Crippen LogP) is -0.106. The standard InChI is InChI=1S/C10H21N3O4S/c1-3-17-10(14)12-18(15,16)13-5-4-8(2)9(6-11)7-13/h8-9H,3-7,11H2,1-2H3,(H,12,14). The van der Waals surface area contributed by atoms with Gasteiger partial charge in [-0.15, -0.1) is 0 Å². The Hall–Kier alpha value is -0.860. The molecule has 1 amide bonds. The largest absolute Gasteiger partial charge is 0.449 e. The number of nitrogens with two attached hydrogens (primary N) is 1. The van der Waals surface area contributed by atoms with E-state index in [9.17, 15) is 13.2 Å². The molecule has 0 aromatic carbocycles. The minimum Gasteiger partial charge on any atom is -0.449 e. The van der Waals surface area contributed by atoms with E-state index in [0.717, 1.165) is 6.42 Å². The molecule has 0 spiro atoms. The van der Waals surface area contributed by atoms with Crippen molar-refractivity contribution in [2.75, 3.05) is 26.2 Å². The fraction of sp³-hybridized carbons (Fsp3) is 0.900. The minimum atomic E-state index is -3.82. The maximum atomic E-state index is 11.9. The number of hydrogen-bond donors (Lipinski definition) is 2. The molecule has 1 fully saturated rings. The summed E-state index contributed by atoms with van der Waals surface area (Å²) in [5.41, 5.74) is 5.61. The second-order valence-electron chi connectivity index (χ2n) is 4.45. The lowest BCUT2D eigenvalue weighted by atomic mass is 9.88. The van der Waals surface area contributed by atoms with Crippen molar-refractivity contribution in [1.82, 2.24) is 9.03 Å². The molecule has 1 saturated heterocycles. The van der Waals surface area contributed by atoms with Gasteiger partial charge in [-0.05, 0) is 31.7 Å². The zero-order chi connectivity index (χ0) is 13.8. The lowest BCUT2D eigenvalue weighted by molar-refractivity contribution is 0.156. The number of ether oxygens (including phenoxy) is 1. The van der Waals surface area contributed by atoms with Crippen molar-refractivity contribution in [1.29, 1.82) is 0 Å². The van der Waals surface area contributed by atoms with Crippen LogP contribution >= 0.6 is 0 Å². The van der Waals surface area contributed by atoms with E-state index in [-0.39, 0.29) is 12.5 Å². The van der Waals surface area contributed by atoms with Crippen LogP contribution in [0.3, 0.4) is 0 Å². The van der Waals surface area contributed by atoms with Gasteiger partial charge >= 0.3 is 16.3 Å². The predicted molar refractivity (Wildman–Crippen MR) is 67.0 cm³/mol. The van der Waals surface area contributed by atoms with Crippen LogP contribution in [0.25, 0.3) is 0 Å². The molecule has 3 N–H and O–H groups in total. The van der Waals surface area contributed by atoms with Gasteiger partial charge < -0.3 is 10.5 Å². The Labute approximate surface area is 108 Å². The number of carbonyl (C=O) groups is 1. The van der Waals surface area contributed by atoms with Crippen LogP contribution in [0.4, 0.5) is 4.79 Å². The first-order chi connectivity index (χ1) is 8.40. The van der Waals surface area contributed by atoms with Gasteiger partial charge in [0.15, 0.2) is 0 Å². The molecule has 0 bridgehead atoms. The third-order valence-corrected chi connectivity index (χ3v) is 4.64. The van der Waals surface area contributed by atoms with Crippen molar-refractivity contribution in [3.8, 4) is 0 Å². The van der Waals surface area contributed by atoms with Gasteiger partial charge in [-0.2, -0.15) is 12.7 Å². The number of nitrogens with zero attached hydrogens (tertiary/aromatic N) is 1. The Morgan fingerprint density at radius 1 is 1.56 bits per heavy atom. The van der Waals surface area contributed by atoms with Gasteiger partial charge in [-0.1, -0.05) is 6.92 Å². The van der Waals surface area contributed by atoms with E-state index in [1.165, 1.54) is 4.31 Å². The molecule has 1 aliphatic rings. The highest BCUT2D eigenvalue weighted by molar-refractivity contribution is 7.87. The van der Waals surface area contributed by atoms with Gasteiger partial charge in [0.1, 0.15) is 0 Å². The van der Waals surface area contributed by atoms with E-state index in [4.69, 9.17) is 5.73 Å². The number of rotatable bonds is 4. The highest BCUT2D eigenvalue weighted by atomic mass is 32.2. The highest BCUT2D eigenvalue weighted by Gasteiger charge is 2.33. The zero-order valence-electron chi connectivity index (χ0n) is 10.8. The molecule has 0 aliphatic carbocycles. The van der Waals surface area contributed by atoms with Crippen LogP contribution in [0.5, 0.6) is 0 Å². The average molecular weight is 279 g/mol. The fourth-order valence-corrected chi connectivity index (χ4v) is 3.10. The summed E-state index contributed by atoms with van der Waals surface area (Å²) in [4.78, 5) is 11.2. The minimum absolute atomic E-state index is 0.123. The monoisotopic (exact) mass is 279 g/mol. The summed E-state index contributed by atoms with van der Waals surface area (Å²) in [6, 6.07) is 0. The van der Waals surface area contributed by atoms with Gasteiger partial charge in [0.25, 0.3) is 0 Å². The molecule has 8 heteroatoms. The molecule has 0 aromatic heterocycles. The van der Waals surface area contributed by atoms with Crippen LogP contribution in [-0.4, -0.2) is 45.1 Å². The first-order valence-electron chi connectivity index (χ1n) is 6.05. The first-order valence-corrected chi connectivity index (χ1v) is 7.49. The van der Waals surface area contributed by atoms with E-state index in [1.807, 2.05) is 4.72 Å². The van der Waals surface area contributed by atoms with Gasteiger partial charge in [0.05, 0.1) is 6.61 Å². The van der Waals surface area contributed by atoms with E-state index < -0.39 is 16.3 Å². The Morgan fingerprint density at radius 2 is 2.22 bits per heavy atom. The van der Waals surface area contributed by atoms with Gasteiger partial charge in [-0.25, -0.2) is 9.52 Å². The van der Waals surface area contributed by atoms with Crippen molar-refractivity contribution in [2.45, 2.75) is 20.3 Å². The van der Waals surface area contributed by atoms with E-state index in [1.54, 1.807) is 6.92 Å². The quantitative estimate of drug-likeness (QED) is 0.748. The smallest absolute Gasteiger partial charge is 0.421 e. The third kappa shape index (κ3) is 3.82. The van der Waals surface area contributed by atoms with E-state index >= 15 is 0 Å². The number of amides is 1. The van der Waals surface area contributed by atoms with Crippen molar-refractivity contribution in [3.63, 3.8) is 0 Å². The lowest BCUT2D eigenvalue weighted by Gasteiger charge is -2.35. The zero-order valence-corrected chi connectivity index (χ0v) is 11.6. The van der Waals surface area contributed by atoms with Crippen LogP contribution < -0.4 is 10.5 Å². The van der Waals surface area contributed by atoms with Crippen molar-refractivity contribution < 1.29 is 17.9 Å². The SMILES string of the molecule is CCOC(=O)NS(=O)(=O)N1CCC(C)C(CN)C1. The maximum absolute atomic E-state index is 11.9. The summed E-state index contributed by atoms with van der Waals surface area (Å²) in [6.07, 6.45) is -0.202. The Balaban J connectivity index is 2.65. The summed E-state index contributed by atoms with van der Waals surface area (Å²) in [5, 5.41) is 0. The topological polar surface area (TPSA) is 102 Å². The molecule has 2 atom stereocenters. The van der Waals surface area contributed by atoms with Crippen LogP contribution in [0.15, 0.2) is 0 Å². The molecule has 0 aromatic rings. The van der Waals surface area contributed by atoms with E-state index in [2.05, 4.69) is 11.7 Å². The van der Waals surface area contributed by atoms with Crippen LogP contribution in [-0.2, 0) is 14.9 Å². The number of hydrogen-bond acceptors (Lipinski definition) is 5. The molecular formula is C10H21N3O4S. The molecule has 1 heterocycles. The van der Waals surface area contributed by atoms with Crippen molar-refractivity contribution in [2.24, 2.45) is 17.6 Å². The van der Waals surface area contributed by atoms with Crippen LogP contribution in [0.2, 0.25) is 0 Å². The fourth-order valence-electron chi connectivity index (χ4n) is 1.97. The Morgan fingerprint density at radius 3 is 2.78 bits per heavy atom.